The monoisotopic (exact) mass is 78.0 g/mol. The summed E-state index contributed by atoms with van der Waals surface area (Å²) in [6, 6.07) is 0. The van der Waals surface area contributed by atoms with Crippen molar-refractivity contribution in [3.8, 4) is 0 Å². The fraction of sp³-hybridized carbons (Fsp3) is 0. The summed E-state index contributed by atoms with van der Waals surface area (Å²) in [5.74, 6) is 0. The molecule has 0 aromatic heterocycles. The molecule has 0 amide bonds. The molecule has 0 atom stereocenters. The summed E-state index contributed by atoms with van der Waals surface area (Å²) in [7, 11) is 10.2. The molecule has 0 spiro atoms. The summed E-state index contributed by atoms with van der Waals surface area (Å²) < 4.78 is 0. The Morgan fingerprint density at radius 1 is 1.20 bits per heavy atom. The molecule has 2 radical (unpaired) electrons. The van der Waals surface area contributed by atoms with Crippen LogP contribution in [0.2, 0.25) is 0 Å². The zero-order valence-corrected chi connectivity index (χ0v) is 3.38. The Labute approximate surface area is 37.1 Å². The van der Waals surface area contributed by atoms with Crippen molar-refractivity contribution in [1.82, 2.24) is 0 Å². The van der Waals surface area contributed by atoms with Crippen molar-refractivity contribution in [2.45, 2.75) is 0 Å². The van der Waals surface area contributed by atoms with Gasteiger partial charge in [0.1, 0.15) is 0 Å². The number of hydrogen-bond donors (Lipinski definition) is 0. The Morgan fingerprint density at radius 3 is 1.40 bits per heavy atom. The standard InChI is InChI=1S/C2B2S/c3-1-2(4)5-1. The van der Waals surface area contributed by atoms with Crippen LogP contribution >= 0.6 is 11.8 Å². The first-order valence-corrected chi connectivity index (χ1v) is 2.05. The van der Waals surface area contributed by atoms with E-state index in [9.17, 15) is 0 Å². The Hall–Kier alpha value is 0.220. The molecule has 0 saturated carbocycles. The zero-order valence-electron chi connectivity index (χ0n) is 2.56. The molecule has 0 aliphatic carbocycles. The second-order valence-electron chi connectivity index (χ2n) is 0.831. The summed E-state index contributed by atoms with van der Waals surface area (Å²) in [6.45, 7) is 0. The van der Waals surface area contributed by atoms with Crippen molar-refractivity contribution in [1.29, 1.82) is 0 Å². The van der Waals surface area contributed by atoms with E-state index >= 15 is 0 Å². The van der Waals surface area contributed by atoms with Crippen LogP contribution in [0.4, 0.5) is 0 Å². The van der Waals surface area contributed by atoms with Crippen LogP contribution in [-0.2, 0) is 0 Å². The van der Waals surface area contributed by atoms with Crippen LogP contribution in [0.15, 0.2) is 0 Å². The van der Waals surface area contributed by atoms with E-state index in [0.29, 0.717) is 0 Å². The summed E-state index contributed by atoms with van der Waals surface area (Å²) >= 11 is 1.44. The first-order valence-electron chi connectivity index (χ1n) is 1.24. The Balaban J connectivity index is 2.81. The molecule has 20 valence electrons. The van der Waals surface area contributed by atoms with E-state index in [1.54, 1.807) is 0 Å². The van der Waals surface area contributed by atoms with E-state index in [1.807, 2.05) is 0 Å². The summed E-state index contributed by atoms with van der Waals surface area (Å²) in [6.07, 6.45) is 0. The molecule has 0 N–H and O–H groups in total. The third-order valence-electron chi connectivity index (χ3n) is 0.421. The van der Waals surface area contributed by atoms with Gasteiger partial charge in [0, 0.05) is 0 Å². The second-order valence-corrected chi connectivity index (χ2v) is 1.91. The normalized spacial score (nSPS) is 19.6. The minimum atomic E-state index is 0.782. The van der Waals surface area contributed by atoms with Gasteiger partial charge in [-0.25, -0.2) is 0 Å². The average Bonchev–Trinajstić information content (AvgIpc) is 1.79. The van der Waals surface area contributed by atoms with Crippen molar-refractivity contribution < 1.29 is 0 Å². The summed E-state index contributed by atoms with van der Waals surface area (Å²) in [5.41, 5.74) is 0. The molecule has 0 aromatic rings. The fourth-order valence-electron chi connectivity index (χ4n) is 0.0929. The van der Waals surface area contributed by atoms with E-state index in [2.05, 4.69) is 0 Å². The molecular formula is C2B2S. The van der Waals surface area contributed by atoms with Gasteiger partial charge >= 0.3 is 36.3 Å². The molecule has 1 saturated heterocycles. The van der Waals surface area contributed by atoms with E-state index in [4.69, 9.17) is 15.0 Å². The third-order valence-corrected chi connectivity index (χ3v) is 1.10. The number of thioether (sulfide) groups is 1. The van der Waals surface area contributed by atoms with E-state index in [-0.39, 0.29) is 0 Å². The molecule has 3 heteroatoms. The van der Waals surface area contributed by atoms with Gasteiger partial charge in [-0.15, -0.1) is 0 Å². The molecule has 5 heavy (non-hydrogen) atoms. The van der Waals surface area contributed by atoms with Crippen molar-refractivity contribution in [3.05, 3.63) is 0 Å². The molecule has 1 aliphatic rings. The first-order chi connectivity index (χ1) is 2.30. The molecular weight excluding hydrogens is 77.7 g/mol. The molecule has 1 heterocycles. The van der Waals surface area contributed by atoms with Gasteiger partial charge in [-0.2, -0.15) is 0 Å². The Morgan fingerprint density at radius 2 is 1.40 bits per heavy atom. The second kappa shape index (κ2) is 0.839. The van der Waals surface area contributed by atoms with Gasteiger partial charge in [0.15, 0.2) is 0 Å². The van der Waals surface area contributed by atoms with Gasteiger partial charge in [-0.1, -0.05) is 0 Å². The topological polar surface area (TPSA) is 0 Å². The minimum absolute atomic E-state index is 0.782. The van der Waals surface area contributed by atoms with E-state index in [1.165, 1.54) is 11.8 Å². The van der Waals surface area contributed by atoms with Crippen LogP contribution < -0.4 is 0 Å². The average molecular weight is 77.7 g/mol. The molecule has 1 aliphatic heterocycles. The maximum atomic E-state index is 5.08. The van der Waals surface area contributed by atoms with Crippen molar-refractivity contribution in [2.75, 3.05) is 0 Å². The number of rotatable bonds is 0. The van der Waals surface area contributed by atoms with Crippen LogP contribution in [0.3, 0.4) is 0 Å². The van der Waals surface area contributed by atoms with Crippen molar-refractivity contribution in [2.24, 2.45) is 0 Å². The quantitative estimate of drug-likeness (QED) is 0.273. The van der Waals surface area contributed by atoms with Gasteiger partial charge in [0.05, 0.1) is 0 Å². The predicted octanol–water partition coefficient (Wildman–Crippen LogP) is -0.670. The maximum absolute atomic E-state index is 5.08. The number of hydrogen-bond acceptors (Lipinski definition) is 1. The SMILES string of the molecule is [B]=C1SC1=[B]. The zero-order chi connectivity index (χ0) is 3.86. The van der Waals surface area contributed by atoms with Crippen molar-refractivity contribution >= 4 is 36.3 Å². The van der Waals surface area contributed by atoms with Gasteiger partial charge in [-0.3, -0.25) is 0 Å². The van der Waals surface area contributed by atoms with E-state index < -0.39 is 0 Å². The molecule has 1 rings (SSSR count). The predicted molar refractivity (Wildman–Crippen MR) is 29.1 cm³/mol. The van der Waals surface area contributed by atoms with Crippen LogP contribution in [0.25, 0.3) is 0 Å². The van der Waals surface area contributed by atoms with Crippen molar-refractivity contribution in [3.63, 3.8) is 0 Å². The van der Waals surface area contributed by atoms with Gasteiger partial charge in [-0.05, 0) is 0 Å². The molecule has 0 aromatic carbocycles. The van der Waals surface area contributed by atoms with Gasteiger partial charge < -0.3 is 0 Å². The Kier molecular flexibility index (Phi) is 0.573. The van der Waals surface area contributed by atoms with Crippen LogP contribution in [-0.4, -0.2) is 24.6 Å². The van der Waals surface area contributed by atoms with Gasteiger partial charge in [0.25, 0.3) is 0 Å². The fourth-order valence-corrected chi connectivity index (χ4v) is 0.279. The molecule has 0 bridgehead atoms. The van der Waals surface area contributed by atoms with Gasteiger partial charge in [0.2, 0.25) is 0 Å². The third kappa shape index (κ3) is 0.538. The van der Waals surface area contributed by atoms with Crippen LogP contribution in [0.1, 0.15) is 0 Å². The molecule has 0 unspecified atom stereocenters. The van der Waals surface area contributed by atoms with Crippen LogP contribution in [0, 0.1) is 0 Å². The summed E-state index contributed by atoms with van der Waals surface area (Å²) in [5, 5.41) is 0. The van der Waals surface area contributed by atoms with E-state index in [0.717, 1.165) is 9.59 Å². The first kappa shape index (κ1) is 3.41. The summed E-state index contributed by atoms with van der Waals surface area (Å²) in [4.78, 5) is 1.56. The Bertz CT molecular complexity index is 83.8. The van der Waals surface area contributed by atoms with Crippen LogP contribution in [0.5, 0.6) is 0 Å². The molecule has 1 fully saturated rings. The molecule has 0 nitrogen and oxygen atoms in total.